The largest absolute Gasteiger partial charge is 0.456 e. The lowest BCUT2D eigenvalue weighted by atomic mass is 9.94. The molecule has 292 valence electrons. The van der Waals surface area contributed by atoms with Gasteiger partial charge in [0.25, 0.3) is 0 Å². The average Bonchev–Trinajstić information content (AvgIpc) is 4.01. The summed E-state index contributed by atoms with van der Waals surface area (Å²) >= 11 is 0. The Balaban J connectivity index is 0.902. The Morgan fingerprint density at radius 3 is 1.27 bits per heavy atom. The maximum atomic E-state index is 6.15. The zero-order valence-electron chi connectivity index (χ0n) is 34.1. The van der Waals surface area contributed by atoms with Crippen LogP contribution in [-0.4, -0.2) is 9.13 Å². The van der Waals surface area contributed by atoms with Crippen molar-refractivity contribution in [1.82, 2.24) is 9.13 Å². The number of fused-ring (bicyclic) bond motifs is 15. The third kappa shape index (κ3) is 5.02. The van der Waals surface area contributed by atoms with Crippen LogP contribution in [0, 0.1) is 0 Å². The first-order valence-corrected chi connectivity index (χ1v) is 21.7. The van der Waals surface area contributed by atoms with Crippen molar-refractivity contribution in [3.05, 3.63) is 218 Å². The molecule has 0 saturated heterocycles. The highest BCUT2D eigenvalue weighted by Crippen LogP contribution is 2.41. The fourth-order valence-electron chi connectivity index (χ4n) is 10.6. The van der Waals surface area contributed by atoms with Gasteiger partial charge in [-0.05, 0) is 133 Å². The molecule has 0 bridgehead atoms. The summed E-state index contributed by atoms with van der Waals surface area (Å²) in [5.41, 5.74) is 13.6. The van der Waals surface area contributed by atoms with E-state index in [1.807, 2.05) is 12.1 Å². The molecule has 0 saturated carbocycles. The normalized spacial score (nSPS) is 12.1. The molecule has 0 aliphatic rings. The minimum Gasteiger partial charge on any atom is -0.456 e. The minimum atomic E-state index is 0.909. The molecule has 0 aliphatic heterocycles. The van der Waals surface area contributed by atoms with E-state index in [4.69, 9.17) is 4.42 Å². The lowest BCUT2D eigenvalue weighted by molar-refractivity contribution is 0.669. The molecule has 0 unspecified atom stereocenters. The topological polar surface area (TPSA) is 23.0 Å². The molecule has 0 fully saturated rings. The van der Waals surface area contributed by atoms with Gasteiger partial charge in [-0.3, -0.25) is 0 Å². The molecular weight excluding hydrogens is 765 g/mol. The number of furan rings is 1. The molecule has 0 aliphatic carbocycles. The van der Waals surface area contributed by atoms with Crippen molar-refractivity contribution in [2.75, 3.05) is 0 Å². The number of para-hydroxylation sites is 3. The summed E-state index contributed by atoms with van der Waals surface area (Å²) in [5, 5.41) is 14.9. The van der Waals surface area contributed by atoms with Gasteiger partial charge in [0.2, 0.25) is 0 Å². The lowest BCUT2D eigenvalue weighted by Crippen LogP contribution is -1.95. The van der Waals surface area contributed by atoms with E-state index in [2.05, 4.69) is 215 Å². The zero-order valence-corrected chi connectivity index (χ0v) is 34.1. The van der Waals surface area contributed by atoms with Gasteiger partial charge in [0, 0.05) is 43.7 Å². The van der Waals surface area contributed by atoms with E-state index in [0.717, 1.165) is 33.3 Å². The van der Waals surface area contributed by atoms with E-state index in [1.165, 1.54) is 98.2 Å². The van der Waals surface area contributed by atoms with Gasteiger partial charge in [-0.25, -0.2) is 0 Å². The van der Waals surface area contributed by atoms with Gasteiger partial charge < -0.3 is 13.6 Å². The van der Waals surface area contributed by atoms with Crippen LogP contribution in [0.1, 0.15) is 0 Å². The van der Waals surface area contributed by atoms with Gasteiger partial charge in [0.05, 0.1) is 22.1 Å². The third-order valence-corrected chi connectivity index (χ3v) is 13.5. The van der Waals surface area contributed by atoms with E-state index in [9.17, 15) is 0 Å². The summed E-state index contributed by atoms with van der Waals surface area (Å²) in [6.45, 7) is 0. The predicted molar refractivity (Wildman–Crippen MR) is 266 cm³/mol. The Labute approximate surface area is 361 Å². The number of hydrogen-bond donors (Lipinski definition) is 0. The van der Waals surface area contributed by atoms with Crippen LogP contribution in [0.4, 0.5) is 0 Å². The van der Waals surface area contributed by atoms with E-state index in [-0.39, 0.29) is 0 Å². The Morgan fingerprint density at radius 2 is 0.651 bits per heavy atom. The summed E-state index contributed by atoms with van der Waals surface area (Å²) in [6.07, 6.45) is 0. The Bertz CT molecular complexity index is 4180. The molecule has 0 radical (unpaired) electrons. The number of hydrogen-bond acceptors (Lipinski definition) is 1. The van der Waals surface area contributed by atoms with Crippen molar-refractivity contribution < 1.29 is 4.42 Å². The smallest absolute Gasteiger partial charge is 0.135 e. The lowest BCUT2D eigenvalue weighted by Gasteiger charge is -2.14. The van der Waals surface area contributed by atoms with Gasteiger partial charge in [0.15, 0.2) is 0 Å². The van der Waals surface area contributed by atoms with Gasteiger partial charge in [0.1, 0.15) is 11.2 Å². The second-order valence-corrected chi connectivity index (χ2v) is 16.8. The molecule has 11 aromatic carbocycles. The van der Waals surface area contributed by atoms with Crippen LogP contribution in [0.15, 0.2) is 223 Å². The minimum absolute atomic E-state index is 0.909. The third-order valence-electron chi connectivity index (χ3n) is 13.5. The molecule has 3 heteroatoms. The molecule has 0 spiro atoms. The maximum Gasteiger partial charge on any atom is 0.135 e. The Hall–Kier alpha value is -8.40. The molecule has 0 amide bonds. The van der Waals surface area contributed by atoms with E-state index < -0.39 is 0 Å². The van der Waals surface area contributed by atoms with E-state index in [0.29, 0.717) is 0 Å². The number of nitrogens with zero attached hydrogens (tertiary/aromatic N) is 2. The highest BCUT2D eigenvalue weighted by molar-refractivity contribution is 6.26. The SMILES string of the molecule is c1cc(-c2ccc3oc4ccccc4c3c2)cc(-n2c3ccccc3c3cc(-c4ccc5c(c4)c4ccccc4n5-c4ccc5c6ccccc6c6ccccc6c5c4)ccc32)c1. The van der Waals surface area contributed by atoms with Crippen molar-refractivity contribution in [3.8, 4) is 33.6 Å². The van der Waals surface area contributed by atoms with E-state index in [1.54, 1.807) is 0 Å². The number of aromatic nitrogens is 2. The standard InChI is InChI=1S/C60H36N2O/c1-2-16-45-43(14-1)44-15-3-4-17-46(44)51-36-42(27-28-47(45)51)62-56-22-9-6-19-49(56)53-34-39(25-30-58(53)62)38-24-29-57-52(33-38)48-18-5-8-21-55(48)61(57)41-13-11-12-37(32-41)40-26-31-60-54(35-40)50-20-7-10-23-59(50)63-60/h1-36H. The average molecular weight is 801 g/mol. The van der Waals surface area contributed by atoms with Crippen LogP contribution in [0.25, 0.3) is 131 Å². The Kier molecular flexibility index (Phi) is 7.11. The van der Waals surface area contributed by atoms with Crippen molar-refractivity contribution in [3.63, 3.8) is 0 Å². The van der Waals surface area contributed by atoms with Gasteiger partial charge in [-0.1, -0.05) is 140 Å². The van der Waals surface area contributed by atoms with Crippen molar-refractivity contribution in [2.24, 2.45) is 0 Å². The summed E-state index contributed by atoms with van der Waals surface area (Å²) in [6, 6.07) is 79.9. The first-order chi connectivity index (χ1) is 31.2. The van der Waals surface area contributed by atoms with Gasteiger partial charge >= 0.3 is 0 Å². The van der Waals surface area contributed by atoms with Crippen LogP contribution in [-0.2, 0) is 0 Å². The van der Waals surface area contributed by atoms with Gasteiger partial charge in [-0.15, -0.1) is 0 Å². The van der Waals surface area contributed by atoms with Crippen molar-refractivity contribution in [2.45, 2.75) is 0 Å². The molecular formula is C60H36N2O. The van der Waals surface area contributed by atoms with Crippen molar-refractivity contribution >= 4 is 97.9 Å². The van der Waals surface area contributed by atoms with Crippen LogP contribution >= 0.6 is 0 Å². The van der Waals surface area contributed by atoms with Crippen LogP contribution in [0.5, 0.6) is 0 Å². The van der Waals surface area contributed by atoms with Gasteiger partial charge in [-0.2, -0.15) is 0 Å². The first-order valence-electron chi connectivity index (χ1n) is 21.7. The fraction of sp³-hybridized carbons (Fsp3) is 0. The van der Waals surface area contributed by atoms with Crippen LogP contribution in [0.3, 0.4) is 0 Å². The summed E-state index contributed by atoms with van der Waals surface area (Å²) in [4.78, 5) is 0. The molecule has 0 N–H and O–H groups in total. The Morgan fingerprint density at radius 1 is 0.222 bits per heavy atom. The highest BCUT2D eigenvalue weighted by Gasteiger charge is 2.18. The molecule has 3 nitrogen and oxygen atoms in total. The summed E-state index contributed by atoms with van der Waals surface area (Å²) in [7, 11) is 0. The summed E-state index contributed by atoms with van der Waals surface area (Å²) < 4.78 is 11.0. The summed E-state index contributed by atoms with van der Waals surface area (Å²) in [5.74, 6) is 0. The fourth-order valence-corrected chi connectivity index (χ4v) is 10.6. The molecule has 3 aromatic heterocycles. The van der Waals surface area contributed by atoms with Crippen molar-refractivity contribution in [1.29, 1.82) is 0 Å². The molecule has 14 rings (SSSR count). The second-order valence-electron chi connectivity index (χ2n) is 16.8. The molecule has 0 atom stereocenters. The van der Waals surface area contributed by atoms with Crippen LogP contribution < -0.4 is 0 Å². The number of benzene rings is 11. The quantitative estimate of drug-likeness (QED) is 0.163. The predicted octanol–water partition coefficient (Wildman–Crippen LogP) is 16.6. The second kappa shape index (κ2) is 13.1. The highest BCUT2D eigenvalue weighted by atomic mass is 16.3. The molecule has 63 heavy (non-hydrogen) atoms. The van der Waals surface area contributed by atoms with E-state index >= 15 is 0 Å². The monoisotopic (exact) mass is 800 g/mol. The zero-order chi connectivity index (χ0) is 41.2. The first kappa shape index (κ1) is 34.3. The molecule has 14 aromatic rings. The molecule has 3 heterocycles. The maximum absolute atomic E-state index is 6.15. The number of rotatable bonds is 4. The van der Waals surface area contributed by atoms with Crippen LogP contribution in [0.2, 0.25) is 0 Å².